The van der Waals surface area contributed by atoms with Gasteiger partial charge in [0, 0.05) is 18.0 Å². The van der Waals surface area contributed by atoms with Crippen molar-refractivity contribution in [2.24, 2.45) is 0 Å². The summed E-state index contributed by atoms with van der Waals surface area (Å²) < 4.78 is 18.5. The first-order chi connectivity index (χ1) is 10.1. The van der Waals surface area contributed by atoms with E-state index in [1.54, 1.807) is 6.07 Å². The highest BCUT2D eigenvalue weighted by Crippen LogP contribution is 2.21. The molecular formula is C16H22FN3O. The van der Waals surface area contributed by atoms with Crippen molar-refractivity contribution in [1.29, 1.82) is 0 Å². The molecule has 0 aliphatic rings. The van der Waals surface area contributed by atoms with Gasteiger partial charge in [0.2, 0.25) is 11.7 Å². The second-order valence-electron chi connectivity index (χ2n) is 5.22. The van der Waals surface area contributed by atoms with Crippen molar-refractivity contribution in [3.05, 3.63) is 35.5 Å². The lowest BCUT2D eigenvalue weighted by Crippen LogP contribution is -2.30. The molecule has 1 aromatic carbocycles. The number of benzene rings is 1. The van der Waals surface area contributed by atoms with E-state index in [9.17, 15) is 4.39 Å². The zero-order valence-corrected chi connectivity index (χ0v) is 12.8. The lowest BCUT2D eigenvalue weighted by atomic mass is 10.1. The number of likely N-dealkylation sites (N-methyl/N-ethyl adjacent to an activating group) is 1. The molecule has 0 saturated carbocycles. The summed E-state index contributed by atoms with van der Waals surface area (Å²) in [6.45, 7) is 7.00. The van der Waals surface area contributed by atoms with Crippen molar-refractivity contribution in [2.75, 3.05) is 6.54 Å². The van der Waals surface area contributed by atoms with Gasteiger partial charge in [0.1, 0.15) is 5.82 Å². The fourth-order valence-corrected chi connectivity index (χ4v) is 2.45. The van der Waals surface area contributed by atoms with Crippen molar-refractivity contribution < 1.29 is 8.91 Å². The number of nitrogens with zero attached hydrogens (tertiary/aromatic N) is 2. The fraction of sp³-hybridized carbons (Fsp3) is 0.500. The van der Waals surface area contributed by atoms with Crippen molar-refractivity contribution in [3.8, 4) is 11.4 Å². The average Bonchev–Trinajstić information content (AvgIpc) is 2.87. The van der Waals surface area contributed by atoms with E-state index in [0.29, 0.717) is 17.8 Å². The standard InChI is InChI=1S/C16H22FN3O/c1-4-6-13(18-5-2)10-15-19-16(20-21-15)14-8-7-12(17)9-11(14)3/h7-9,13,18H,4-6,10H2,1-3H3. The summed E-state index contributed by atoms with van der Waals surface area (Å²) in [7, 11) is 0. The minimum atomic E-state index is -0.255. The number of nitrogens with one attached hydrogen (secondary N) is 1. The van der Waals surface area contributed by atoms with E-state index in [2.05, 4.69) is 29.3 Å². The first-order valence-electron chi connectivity index (χ1n) is 7.46. The van der Waals surface area contributed by atoms with Gasteiger partial charge in [-0.15, -0.1) is 0 Å². The molecular weight excluding hydrogens is 269 g/mol. The van der Waals surface area contributed by atoms with Crippen molar-refractivity contribution in [1.82, 2.24) is 15.5 Å². The van der Waals surface area contributed by atoms with E-state index in [4.69, 9.17) is 4.52 Å². The van der Waals surface area contributed by atoms with Gasteiger partial charge in [-0.1, -0.05) is 25.4 Å². The van der Waals surface area contributed by atoms with E-state index in [-0.39, 0.29) is 5.82 Å². The molecule has 4 nitrogen and oxygen atoms in total. The maximum atomic E-state index is 13.1. The largest absolute Gasteiger partial charge is 0.339 e. The molecule has 1 N–H and O–H groups in total. The molecule has 1 heterocycles. The monoisotopic (exact) mass is 291 g/mol. The molecule has 0 aliphatic carbocycles. The van der Waals surface area contributed by atoms with Gasteiger partial charge in [-0.2, -0.15) is 4.98 Å². The normalized spacial score (nSPS) is 12.6. The molecule has 0 saturated heterocycles. The SMILES string of the molecule is CCCC(Cc1nc(-c2ccc(F)cc2C)no1)NCC. The summed E-state index contributed by atoms with van der Waals surface area (Å²) in [5, 5.41) is 7.44. The second-order valence-corrected chi connectivity index (χ2v) is 5.22. The predicted molar refractivity (Wildman–Crippen MR) is 80.5 cm³/mol. The number of halogens is 1. The van der Waals surface area contributed by atoms with Gasteiger partial charge in [0.05, 0.1) is 0 Å². The summed E-state index contributed by atoms with van der Waals surface area (Å²) in [5.41, 5.74) is 1.61. The molecule has 1 atom stereocenters. The smallest absolute Gasteiger partial charge is 0.228 e. The lowest BCUT2D eigenvalue weighted by molar-refractivity contribution is 0.352. The number of hydrogen-bond acceptors (Lipinski definition) is 4. The molecule has 0 aliphatic heterocycles. The van der Waals surface area contributed by atoms with Gasteiger partial charge < -0.3 is 9.84 Å². The Morgan fingerprint density at radius 2 is 2.14 bits per heavy atom. The van der Waals surface area contributed by atoms with Gasteiger partial charge in [-0.3, -0.25) is 0 Å². The van der Waals surface area contributed by atoms with Crippen LogP contribution in [0.2, 0.25) is 0 Å². The molecule has 5 heteroatoms. The van der Waals surface area contributed by atoms with Gasteiger partial charge in [-0.05, 0) is 43.7 Å². The third-order valence-electron chi connectivity index (χ3n) is 3.45. The predicted octanol–water partition coefficient (Wildman–Crippen LogP) is 3.50. The molecule has 2 rings (SSSR count). The molecule has 0 amide bonds. The summed E-state index contributed by atoms with van der Waals surface area (Å²) >= 11 is 0. The van der Waals surface area contributed by atoms with Gasteiger partial charge in [0.15, 0.2) is 0 Å². The Morgan fingerprint density at radius 1 is 1.33 bits per heavy atom. The van der Waals surface area contributed by atoms with Gasteiger partial charge in [0.25, 0.3) is 0 Å². The third kappa shape index (κ3) is 4.11. The van der Waals surface area contributed by atoms with Crippen molar-refractivity contribution in [2.45, 2.75) is 46.1 Å². The molecule has 1 unspecified atom stereocenters. The van der Waals surface area contributed by atoms with Crippen LogP contribution < -0.4 is 5.32 Å². The Balaban J connectivity index is 2.13. The third-order valence-corrected chi connectivity index (χ3v) is 3.45. The van der Waals surface area contributed by atoms with Gasteiger partial charge in [-0.25, -0.2) is 4.39 Å². The van der Waals surface area contributed by atoms with Crippen LogP contribution in [0.25, 0.3) is 11.4 Å². The Labute approximate surface area is 124 Å². The first kappa shape index (κ1) is 15.6. The zero-order chi connectivity index (χ0) is 15.2. The van der Waals surface area contributed by atoms with Crippen LogP contribution in [0.3, 0.4) is 0 Å². The average molecular weight is 291 g/mol. The summed E-state index contributed by atoms with van der Waals surface area (Å²) in [6, 6.07) is 4.93. The van der Waals surface area contributed by atoms with Crippen LogP contribution in [0.1, 0.15) is 38.1 Å². The first-order valence-corrected chi connectivity index (χ1v) is 7.46. The molecule has 114 valence electrons. The van der Waals surface area contributed by atoms with Crippen LogP contribution >= 0.6 is 0 Å². The number of hydrogen-bond donors (Lipinski definition) is 1. The van der Waals surface area contributed by atoms with Crippen LogP contribution in [0.4, 0.5) is 4.39 Å². The summed E-state index contributed by atoms with van der Waals surface area (Å²) in [5.74, 6) is 0.887. The van der Waals surface area contributed by atoms with Gasteiger partial charge >= 0.3 is 0 Å². The number of rotatable bonds is 7. The minimum Gasteiger partial charge on any atom is -0.339 e. The number of aromatic nitrogens is 2. The Hall–Kier alpha value is -1.75. The molecule has 0 fully saturated rings. The minimum absolute atomic E-state index is 0.255. The molecule has 1 aromatic heterocycles. The van der Waals surface area contributed by atoms with Crippen LogP contribution in [0.5, 0.6) is 0 Å². The van der Waals surface area contributed by atoms with E-state index >= 15 is 0 Å². The second kappa shape index (κ2) is 7.31. The van der Waals surface area contributed by atoms with Crippen LogP contribution in [-0.2, 0) is 6.42 Å². The maximum Gasteiger partial charge on any atom is 0.228 e. The van der Waals surface area contributed by atoms with E-state index < -0.39 is 0 Å². The Morgan fingerprint density at radius 3 is 2.81 bits per heavy atom. The van der Waals surface area contributed by atoms with Crippen LogP contribution in [-0.4, -0.2) is 22.7 Å². The highest BCUT2D eigenvalue weighted by molar-refractivity contribution is 5.59. The number of aryl methyl sites for hydroxylation is 1. The highest BCUT2D eigenvalue weighted by Gasteiger charge is 2.15. The fourth-order valence-electron chi connectivity index (χ4n) is 2.45. The van der Waals surface area contributed by atoms with Crippen LogP contribution in [0.15, 0.2) is 22.7 Å². The summed E-state index contributed by atoms with van der Waals surface area (Å²) in [6.07, 6.45) is 2.89. The summed E-state index contributed by atoms with van der Waals surface area (Å²) in [4.78, 5) is 4.44. The van der Waals surface area contributed by atoms with Crippen molar-refractivity contribution >= 4 is 0 Å². The highest BCUT2D eigenvalue weighted by atomic mass is 19.1. The molecule has 0 radical (unpaired) electrons. The molecule has 2 aromatic rings. The molecule has 0 bridgehead atoms. The Bertz CT molecular complexity index is 577. The zero-order valence-electron chi connectivity index (χ0n) is 12.8. The van der Waals surface area contributed by atoms with E-state index in [1.807, 2.05) is 6.92 Å². The van der Waals surface area contributed by atoms with E-state index in [1.165, 1.54) is 12.1 Å². The topological polar surface area (TPSA) is 51.0 Å². The lowest BCUT2D eigenvalue weighted by Gasteiger charge is -2.14. The Kier molecular flexibility index (Phi) is 5.44. The van der Waals surface area contributed by atoms with Crippen LogP contribution in [0, 0.1) is 12.7 Å². The quantitative estimate of drug-likeness (QED) is 0.848. The molecule has 0 spiro atoms. The molecule has 21 heavy (non-hydrogen) atoms. The van der Waals surface area contributed by atoms with Crippen molar-refractivity contribution in [3.63, 3.8) is 0 Å². The van der Waals surface area contributed by atoms with E-state index in [0.717, 1.165) is 36.9 Å². The maximum absolute atomic E-state index is 13.1.